The summed E-state index contributed by atoms with van der Waals surface area (Å²) in [6.45, 7) is 2.21. The molecule has 1 aromatic rings. The Balaban J connectivity index is 1.94. The quantitative estimate of drug-likeness (QED) is 0.779. The van der Waals surface area contributed by atoms with Crippen molar-refractivity contribution >= 4 is 5.97 Å². The molecule has 1 aliphatic heterocycles. The van der Waals surface area contributed by atoms with Gasteiger partial charge in [-0.3, -0.25) is 9.78 Å². The van der Waals surface area contributed by atoms with E-state index in [0.29, 0.717) is 13.0 Å². The Morgan fingerprint density at radius 2 is 2.32 bits per heavy atom. The summed E-state index contributed by atoms with van der Waals surface area (Å²) in [5.74, 6) is 0.616. The average molecular weight is 297 g/mol. The van der Waals surface area contributed by atoms with E-state index in [2.05, 4.69) is 11.1 Å². The maximum atomic E-state index is 12.0. The zero-order valence-corrected chi connectivity index (χ0v) is 12.6. The lowest BCUT2D eigenvalue weighted by molar-refractivity contribution is -0.143. The Labute approximate surface area is 130 Å². The van der Waals surface area contributed by atoms with E-state index in [1.165, 1.54) is 5.57 Å². The van der Waals surface area contributed by atoms with Gasteiger partial charge >= 0.3 is 5.97 Å². The van der Waals surface area contributed by atoms with Crippen molar-refractivity contribution in [2.75, 3.05) is 6.61 Å². The third-order valence-electron chi connectivity index (χ3n) is 3.95. The molecule has 0 N–H and O–H groups in total. The SMILES string of the molecule is CCOC(=O)CC(C1=C2OC=CC=C2CC1)c1ccccn1. The number of fused-ring (bicyclic) bond motifs is 1. The van der Waals surface area contributed by atoms with Crippen LogP contribution in [0.5, 0.6) is 0 Å². The Hall–Kier alpha value is -2.36. The molecule has 4 heteroatoms. The van der Waals surface area contributed by atoms with Crippen molar-refractivity contribution in [2.24, 2.45) is 0 Å². The molecule has 114 valence electrons. The van der Waals surface area contributed by atoms with Crippen LogP contribution in [0.15, 0.2) is 59.7 Å². The van der Waals surface area contributed by atoms with Gasteiger partial charge in [-0.05, 0) is 49.1 Å². The van der Waals surface area contributed by atoms with Crippen LogP contribution in [0.1, 0.15) is 37.8 Å². The van der Waals surface area contributed by atoms with E-state index >= 15 is 0 Å². The highest BCUT2D eigenvalue weighted by molar-refractivity contribution is 5.71. The molecular formula is C18H19NO3. The summed E-state index contributed by atoms with van der Waals surface area (Å²) in [5, 5.41) is 0. The van der Waals surface area contributed by atoms with Crippen molar-refractivity contribution in [1.82, 2.24) is 4.98 Å². The molecule has 4 nitrogen and oxygen atoms in total. The molecule has 0 aromatic carbocycles. The van der Waals surface area contributed by atoms with Gasteiger partial charge in [-0.15, -0.1) is 0 Å². The number of nitrogens with zero attached hydrogens (tertiary/aromatic N) is 1. The van der Waals surface area contributed by atoms with Crippen LogP contribution < -0.4 is 0 Å². The van der Waals surface area contributed by atoms with E-state index in [0.717, 1.165) is 29.9 Å². The minimum absolute atomic E-state index is 0.0901. The fourth-order valence-electron chi connectivity index (χ4n) is 2.98. The maximum Gasteiger partial charge on any atom is 0.306 e. The molecule has 1 unspecified atom stereocenters. The van der Waals surface area contributed by atoms with Gasteiger partial charge in [0, 0.05) is 17.8 Å². The van der Waals surface area contributed by atoms with Gasteiger partial charge in [0.05, 0.1) is 19.3 Å². The fraction of sp³-hybridized carbons (Fsp3) is 0.333. The molecule has 0 saturated carbocycles. The summed E-state index contributed by atoms with van der Waals surface area (Å²) in [5.41, 5.74) is 3.22. The number of hydrogen-bond donors (Lipinski definition) is 0. The Morgan fingerprint density at radius 1 is 1.41 bits per heavy atom. The van der Waals surface area contributed by atoms with Crippen molar-refractivity contribution in [2.45, 2.75) is 32.1 Å². The predicted octanol–water partition coefficient (Wildman–Crippen LogP) is 3.64. The van der Waals surface area contributed by atoms with E-state index in [-0.39, 0.29) is 11.9 Å². The van der Waals surface area contributed by atoms with Crippen molar-refractivity contribution < 1.29 is 14.3 Å². The molecule has 1 aliphatic carbocycles. The van der Waals surface area contributed by atoms with Gasteiger partial charge in [-0.1, -0.05) is 12.1 Å². The molecule has 2 heterocycles. The van der Waals surface area contributed by atoms with E-state index < -0.39 is 0 Å². The van der Waals surface area contributed by atoms with Crippen molar-refractivity contribution in [3.8, 4) is 0 Å². The highest BCUT2D eigenvalue weighted by Gasteiger charge is 2.31. The molecule has 0 saturated heterocycles. The van der Waals surface area contributed by atoms with Crippen molar-refractivity contribution in [1.29, 1.82) is 0 Å². The highest BCUT2D eigenvalue weighted by atomic mass is 16.5. The minimum Gasteiger partial charge on any atom is -0.466 e. The first-order chi connectivity index (χ1) is 10.8. The van der Waals surface area contributed by atoms with Crippen LogP contribution in [0, 0.1) is 0 Å². The smallest absolute Gasteiger partial charge is 0.306 e. The molecule has 1 atom stereocenters. The van der Waals surface area contributed by atoms with Gasteiger partial charge in [-0.2, -0.15) is 0 Å². The Morgan fingerprint density at radius 3 is 3.09 bits per heavy atom. The number of aromatic nitrogens is 1. The van der Waals surface area contributed by atoms with E-state index in [9.17, 15) is 4.79 Å². The van der Waals surface area contributed by atoms with Crippen LogP contribution in [-0.2, 0) is 14.3 Å². The van der Waals surface area contributed by atoms with Crippen LogP contribution in [0.2, 0.25) is 0 Å². The molecule has 0 fully saturated rings. The topological polar surface area (TPSA) is 48.4 Å². The molecule has 22 heavy (non-hydrogen) atoms. The van der Waals surface area contributed by atoms with E-state index in [4.69, 9.17) is 9.47 Å². The summed E-state index contributed by atoms with van der Waals surface area (Å²) in [7, 11) is 0. The van der Waals surface area contributed by atoms with E-state index in [1.807, 2.05) is 31.2 Å². The monoisotopic (exact) mass is 297 g/mol. The second-order valence-corrected chi connectivity index (χ2v) is 5.31. The average Bonchev–Trinajstić information content (AvgIpc) is 2.98. The van der Waals surface area contributed by atoms with Crippen LogP contribution in [-0.4, -0.2) is 17.6 Å². The molecule has 0 bridgehead atoms. The van der Waals surface area contributed by atoms with Gasteiger partial charge in [0.2, 0.25) is 0 Å². The van der Waals surface area contributed by atoms with Gasteiger partial charge < -0.3 is 9.47 Å². The largest absolute Gasteiger partial charge is 0.466 e. The zero-order valence-electron chi connectivity index (χ0n) is 12.6. The van der Waals surface area contributed by atoms with Crippen LogP contribution in [0.4, 0.5) is 0 Å². The normalized spacial score (nSPS) is 17.6. The molecular weight excluding hydrogens is 278 g/mol. The first-order valence-electron chi connectivity index (χ1n) is 7.62. The molecule has 1 aromatic heterocycles. The summed E-state index contributed by atoms with van der Waals surface area (Å²) < 4.78 is 10.8. The van der Waals surface area contributed by atoms with Crippen LogP contribution in [0.3, 0.4) is 0 Å². The summed E-state index contributed by atoms with van der Waals surface area (Å²) >= 11 is 0. The maximum absolute atomic E-state index is 12.0. The number of ether oxygens (including phenoxy) is 2. The molecule has 3 rings (SSSR count). The van der Waals surface area contributed by atoms with Gasteiger partial charge in [0.15, 0.2) is 0 Å². The van der Waals surface area contributed by atoms with Crippen molar-refractivity contribution in [3.05, 3.63) is 65.4 Å². The number of carbonyl (C=O) groups is 1. The predicted molar refractivity (Wildman–Crippen MR) is 82.8 cm³/mol. The number of hydrogen-bond acceptors (Lipinski definition) is 4. The number of esters is 1. The minimum atomic E-state index is -0.199. The second-order valence-electron chi connectivity index (χ2n) is 5.31. The van der Waals surface area contributed by atoms with Crippen LogP contribution >= 0.6 is 0 Å². The second kappa shape index (κ2) is 6.60. The molecule has 0 radical (unpaired) electrons. The lowest BCUT2D eigenvalue weighted by Gasteiger charge is -2.19. The number of allylic oxidation sites excluding steroid dienone is 4. The molecule has 2 aliphatic rings. The first-order valence-corrected chi connectivity index (χ1v) is 7.62. The first kappa shape index (κ1) is 14.6. The lowest BCUT2D eigenvalue weighted by atomic mass is 9.90. The van der Waals surface area contributed by atoms with Crippen LogP contribution in [0.25, 0.3) is 0 Å². The third kappa shape index (κ3) is 2.96. The van der Waals surface area contributed by atoms with Gasteiger partial charge in [0.1, 0.15) is 5.76 Å². The highest BCUT2D eigenvalue weighted by Crippen LogP contribution is 2.42. The Kier molecular flexibility index (Phi) is 4.37. The summed E-state index contributed by atoms with van der Waals surface area (Å²) in [4.78, 5) is 16.4. The number of carbonyl (C=O) groups excluding carboxylic acids is 1. The summed E-state index contributed by atoms with van der Waals surface area (Å²) in [6.07, 6.45) is 9.55. The van der Waals surface area contributed by atoms with Crippen molar-refractivity contribution in [3.63, 3.8) is 0 Å². The van der Waals surface area contributed by atoms with Gasteiger partial charge in [-0.25, -0.2) is 0 Å². The number of rotatable bonds is 5. The fourth-order valence-corrected chi connectivity index (χ4v) is 2.98. The van der Waals surface area contributed by atoms with E-state index in [1.54, 1.807) is 12.5 Å². The molecule has 0 spiro atoms. The number of pyridine rings is 1. The standard InChI is InChI=1S/C18H19NO3/c1-2-21-17(20)12-15(16-7-3-4-10-19-16)14-9-8-13-6-5-11-22-18(13)14/h3-7,10-11,15H,2,8-9,12H2,1H3. The summed E-state index contributed by atoms with van der Waals surface area (Å²) in [6, 6.07) is 5.78. The zero-order chi connectivity index (χ0) is 15.4. The third-order valence-corrected chi connectivity index (χ3v) is 3.95. The molecule has 0 amide bonds. The van der Waals surface area contributed by atoms with Gasteiger partial charge in [0.25, 0.3) is 0 Å². The Bertz CT molecular complexity index is 644. The lowest BCUT2D eigenvalue weighted by Crippen LogP contribution is -2.14.